The zero-order valence-corrected chi connectivity index (χ0v) is 18.1. The van der Waals surface area contributed by atoms with E-state index in [1.54, 1.807) is 17.1 Å². The number of thioether (sulfide) groups is 1. The second-order valence-corrected chi connectivity index (χ2v) is 9.18. The van der Waals surface area contributed by atoms with Crippen LogP contribution in [0.1, 0.15) is 6.04 Å². The van der Waals surface area contributed by atoms with Gasteiger partial charge in [0.15, 0.2) is 5.82 Å². The molecule has 1 fully saturated rings. The molecular weight excluding hydrogens is 478 g/mol. The summed E-state index contributed by atoms with van der Waals surface area (Å²) < 4.78 is 20.7. The van der Waals surface area contributed by atoms with Gasteiger partial charge in [-0.3, -0.25) is 0 Å². The van der Waals surface area contributed by atoms with E-state index in [0.29, 0.717) is 16.3 Å². The summed E-state index contributed by atoms with van der Waals surface area (Å²) in [4.78, 5) is 4.61. The van der Waals surface area contributed by atoms with E-state index in [0.717, 1.165) is 11.8 Å². The lowest BCUT2D eigenvalue weighted by Gasteiger charge is -2.41. The third-order valence-corrected chi connectivity index (χ3v) is 6.84. The quantitative estimate of drug-likeness (QED) is 0.465. The number of nitrogens with zero attached hydrogens (tertiary/aromatic N) is 4. The molecule has 3 unspecified atom stereocenters. The zero-order valence-electron chi connectivity index (χ0n) is 15.0. The van der Waals surface area contributed by atoms with E-state index in [1.165, 1.54) is 28.2 Å². The fourth-order valence-electron chi connectivity index (χ4n) is 3.09. The van der Waals surface area contributed by atoms with E-state index < -0.39 is 42.2 Å². The van der Waals surface area contributed by atoms with Gasteiger partial charge in [0, 0.05) is 10.3 Å². The minimum Gasteiger partial charge on any atom is -0.394 e. The van der Waals surface area contributed by atoms with Crippen LogP contribution in [0.5, 0.6) is 0 Å². The molecule has 3 N–H and O–H groups in total. The Hall–Kier alpha value is -1.31. The summed E-state index contributed by atoms with van der Waals surface area (Å²) in [5.41, 5.74) is 1.81. The first-order valence-electron chi connectivity index (χ1n) is 8.63. The molecule has 1 aliphatic rings. The number of hydrogen-bond donors (Lipinski definition) is 3. The van der Waals surface area contributed by atoms with Gasteiger partial charge in [-0.1, -0.05) is 40.2 Å². The van der Waals surface area contributed by atoms with Gasteiger partial charge in [0.05, 0.1) is 28.4 Å². The molecule has 0 radical (unpaired) electrons. The van der Waals surface area contributed by atoms with E-state index in [9.17, 15) is 19.7 Å². The monoisotopic (exact) mass is 492 g/mol. The molecular formula is C17H15Cl2FN4O4S2. The highest BCUT2D eigenvalue weighted by Crippen LogP contribution is 2.40. The van der Waals surface area contributed by atoms with E-state index >= 15 is 0 Å². The predicted molar refractivity (Wildman–Crippen MR) is 110 cm³/mol. The summed E-state index contributed by atoms with van der Waals surface area (Å²) in [6.07, 6.45) is -1.94. The third kappa shape index (κ3) is 4.21. The number of aromatic nitrogens is 4. The number of benzene rings is 1. The maximum absolute atomic E-state index is 13.7. The Morgan fingerprint density at radius 3 is 2.57 bits per heavy atom. The summed E-state index contributed by atoms with van der Waals surface area (Å²) in [6, 6.07) is 1.75. The molecule has 4 rings (SSSR count). The molecule has 3 aromatic rings. The highest BCUT2D eigenvalue weighted by Gasteiger charge is 2.46. The van der Waals surface area contributed by atoms with Gasteiger partial charge in [-0.25, -0.2) is 14.1 Å². The molecule has 160 valence electrons. The van der Waals surface area contributed by atoms with Crippen molar-refractivity contribution in [3.63, 3.8) is 0 Å². The molecule has 2 aromatic heterocycles. The Kier molecular flexibility index (Phi) is 6.61. The Balaban J connectivity index is 1.62. The second-order valence-electron chi connectivity index (χ2n) is 6.47. The fourth-order valence-corrected chi connectivity index (χ4v) is 5.39. The number of rotatable bonds is 5. The van der Waals surface area contributed by atoms with Crippen molar-refractivity contribution in [3.8, 4) is 11.4 Å². The summed E-state index contributed by atoms with van der Waals surface area (Å²) >= 11 is 14.1. The number of halogens is 3. The number of aliphatic hydroxyl groups excluding tert-OH is 3. The van der Waals surface area contributed by atoms with Gasteiger partial charge in [-0.05, 0) is 12.1 Å². The van der Waals surface area contributed by atoms with Crippen LogP contribution in [-0.4, -0.2) is 65.7 Å². The number of hydrogen-bond acceptors (Lipinski definition) is 9. The Bertz CT molecular complexity index is 1000. The number of aliphatic hydroxyl groups is 3. The maximum Gasteiger partial charge on any atom is 0.160 e. The molecule has 0 saturated carbocycles. The van der Waals surface area contributed by atoms with Crippen LogP contribution in [0, 0.1) is 5.82 Å². The van der Waals surface area contributed by atoms with E-state index in [-0.39, 0.29) is 10.0 Å². The molecule has 0 bridgehead atoms. The standard InChI is InChI=1S/C17H15Cl2FN4O4S2/c18-8-1-7(2-9(19)13(8)20)30-17-16(27)14(15(26)12(4-25)28-17)24-3-10(22-23-24)11-5-29-6-21-11/h1-3,5-6,12,14-17,25-27H,4H2/t12?,14?,15-,16?,17+/m0/s1. The van der Waals surface area contributed by atoms with Gasteiger partial charge in [-0.15, -0.1) is 16.4 Å². The number of ether oxygens (including phenoxy) is 1. The van der Waals surface area contributed by atoms with Crippen LogP contribution in [0.25, 0.3) is 11.4 Å². The molecule has 30 heavy (non-hydrogen) atoms. The molecule has 0 aliphatic carbocycles. The van der Waals surface area contributed by atoms with Gasteiger partial charge in [0.2, 0.25) is 0 Å². The van der Waals surface area contributed by atoms with Gasteiger partial charge in [-0.2, -0.15) is 0 Å². The first-order valence-corrected chi connectivity index (χ1v) is 11.2. The summed E-state index contributed by atoms with van der Waals surface area (Å²) in [6.45, 7) is -0.486. The van der Waals surface area contributed by atoms with Gasteiger partial charge in [0.1, 0.15) is 41.2 Å². The fraction of sp³-hybridized carbons (Fsp3) is 0.353. The SMILES string of the molecule is OCC1O[C@H](Sc2cc(Cl)c(F)c(Cl)c2)C(O)C(n2cc(-c3cscn3)nn2)[C@H]1O. The molecule has 1 aliphatic heterocycles. The van der Waals surface area contributed by atoms with Crippen molar-refractivity contribution in [2.45, 2.75) is 34.7 Å². The van der Waals surface area contributed by atoms with Crippen LogP contribution in [-0.2, 0) is 4.74 Å². The number of thiazole rings is 1. The Labute approximate surface area is 188 Å². The normalized spacial score (nSPS) is 26.8. The van der Waals surface area contributed by atoms with Crippen LogP contribution in [0.15, 0.2) is 34.1 Å². The predicted octanol–water partition coefficient (Wildman–Crippen LogP) is 2.62. The zero-order chi connectivity index (χ0) is 21.4. The van der Waals surface area contributed by atoms with Crippen LogP contribution >= 0.6 is 46.3 Å². The summed E-state index contributed by atoms with van der Waals surface area (Å²) in [7, 11) is 0. The van der Waals surface area contributed by atoms with Gasteiger partial charge in [0.25, 0.3) is 0 Å². The van der Waals surface area contributed by atoms with E-state index in [4.69, 9.17) is 27.9 Å². The molecule has 13 heteroatoms. The van der Waals surface area contributed by atoms with Crippen LogP contribution in [0.4, 0.5) is 4.39 Å². The van der Waals surface area contributed by atoms with Gasteiger partial charge < -0.3 is 20.1 Å². The molecule has 3 heterocycles. The van der Waals surface area contributed by atoms with Crippen molar-refractivity contribution in [2.75, 3.05) is 6.61 Å². The van der Waals surface area contributed by atoms with Crippen molar-refractivity contribution in [1.29, 1.82) is 0 Å². The molecule has 1 aromatic carbocycles. The maximum atomic E-state index is 13.7. The summed E-state index contributed by atoms with van der Waals surface area (Å²) in [5.74, 6) is -0.744. The van der Waals surface area contributed by atoms with Crippen molar-refractivity contribution in [3.05, 3.63) is 45.1 Å². The Morgan fingerprint density at radius 1 is 1.20 bits per heavy atom. The lowest BCUT2D eigenvalue weighted by Crippen LogP contribution is -2.55. The van der Waals surface area contributed by atoms with E-state index in [1.807, 2.05) is 0 Å². The molecule has 5 atom stereocenters. The molecule has 1 saturated heterocycles. The largest absolute Gasteiger partial charge is 0.394 e. The average Bonchev–Trinajstić information content (AvgIpc) is 3.40. The van der Waals surface area contributed by atoms with Crippen molar-refractivity contribution in [1.82, 2.24) is 20.0 Å². The van der Waals surface area contributed by atoms with Gasteiger partial charge >= 0.3 is 0 Å². The third-order valence-electron chi connectivity index (χ3n) is 4.57. The van der Waals surface area contributed by atoms with Crippen molar-refractivity contribution < 1.29 is 24.4 Å². The first kappa shape index (κ1) is 21.9. The van der Waals surface area contributed by atoms with Crippen molar-refractivity contribution in [2.24, 2.45) is 0 Å². The Morgan fingerprint density at radius 2 is 1.93 bits per heavy atom. The lowest BCUT2D eigenvalue weighted by atomic mass is 9.97. The van der Waals surface area contributed by atoms with Crippen LogP contribution < -0.4 is 0 Å². The second kappa shape index (κ2) is 9.05. The highest BCUT2D eigenvalue weighted by atomic mass is 35.5. The first-order chi connectivity index (χ1) is 14.4. The van der Waals surface area contributed by atoms with Crippen molar-refractivity contribution >= 4 is 46.3 Å². The van der Waals surface area contributed by atoms with Crippen LogP contribution in [0.2, 0.25) is 10.0 Å². The average molecular weight is 493 g/mol. The highest BCUT2D eigenvalue weighted by molar-refractivity contribution is 7.99. The topological polar surface area (TPSA) is 114 Å². The van der Waals surface area contributed by atoms with E-state index in [2.05, 4.69) is 15.3 Å². The summed E-state index contributed by atoms with van der Waals surface area (Å²) in [5, 5.41) is 40.8. The molecule has 8 nitrogen and oxygen atoms in total. The molecule has 0 spiro atoms. The minimum absolute atomic E-state index is 0.172. The minimum atomic E-state index is -1.26. The molecule has 0 amide bonds. The lowest BCUT2D eigenvalue weighted by molar-refractivity contribution is -0.178. The smallest absolute Gasteiger partial charge is 0.160 e. The van der Waals surface area contributed by atoms with Crippen LogP contribution in [0.3, 0.4) is 0 Å².